The zero-order valence-corrected chi connectivity index (χ0v) is 11.9. The number of nitrogens with zero attached hydrogens (tertiary/aromatic N) is 1. The summed E-state index contributed by atoms with van der Waals surface area (Å²) in [7, 11) is 0. The molecule has 20 heavy (non-hydrogen) atoms. The quantitative estimate of drug-likeness (QED) is 0.678. The number of pyridine rings is 1. The number of Topliss-reactive ketones (excluding diaryl/α,β-unsaturated/α-hetero) is 1. The molecule has 0 amide bonds. The van der Waals surface area contributed by atoms with Gasteiger partial charge in [-0.15, -0.1) is 11.3 Å². The summed E-state index contributed by atoms with van der Waals surface area (Å²) in [4.78, 5) is 16.9. The van der Waals surface area contributed by atoms with Gasteiger partial charge in [-0.25, -0.2) is 0 Å². The number of ether oxygens (including phenoxy) is 1. The highest BCUT2D eigenvalue weighted by atomic mass is 35.5. The van der Waals surface area contributed by atoms with Crippen LogP contribution in [-0.2, 0) is 0 Å². The number of halogens is 1. The fourth-order valence-electron chi connectivity index (χ4n) is 1.87. The van der Waals surface area contributed by atoms with Gasteiger partial charge in [0.2, 0.25) is 5.78 Å². The van der Waals surface area contributed by atoms with Crippen LogP contribution in [0, 0.1) is 0 Å². The lowest BCUT2D eigenvalue weighted by Crippen LogP contribution is -2.10. The molecular formula is C15H10ClNO2S. The molecule has 0 saturated heterocycles. The van der Waals surface area contributed by atoms with Gasteiger partial charge in [-0.3, -0.25) is 9.78 Å². The summed E-state index contributed by atoms with van der Waals surface area (Å²) >= 11 is 7.07. The Balaban J connectivity index is 1.79. The minimum Gasteiger partial charge on any atom is -0.483 e. The molecule has 0 N–H and O–H groups in total. The first-order valence-electron chi connectivity index (χ1n) is 5.99. The van der Waals surface area contributed by atoms with E-state index in [1.165, 1.54) is 11.3 Å². The Morgan fingerprint density at radius 2 is 2.05 bits per heavy atom. The third-order valence-electron chi connectivity index (χ3n) is 2.80. The molecule has 3 aromatic rings. The topological polar surface area (TPSA) is 39.2 Å². The van der Waals surface area contributed by atoms with Gasteiger partial charge in [0.1, 0.15) is 11.3 Å². The maximum atomic E-state index is 12.0. The number of hydrogen-bond acceptors (Lipinski definition) is 4. The van der Waals surface area contributed by atoms with E-state index >= 15 is 0 Å². The summed E-state index contributed by atoms with van der Waals surface area (Å²) in [6.45, 7) is -0.0213. The highest BCUT2D eigenvalue weighted by molar-refractivity contribution is 7.18. The average Bonchev–Trinajstić information content (AvgIpc) is 2.91. The second-order valence-electron chi connectivity index (χ2n) is 4.15. The number of benzene rings is 1. The Kier molecular flexibility index (Phi) is 3.67. The van der Waals surface area contributed by atoms with Crippen LogP contribution in [-0.4, -0.2) is 17.4 Å². The van der Waals surface area contributed by atoms with Crippen LogP contribution in [0.3, 0.4) is 0 Å². The summed E-state index contributed by atoms with van der Waals surface area (Å²) in [6.07, 6.45) is 1.70. The zero-order valence-electron chi connectivity index (χ0n) is 10.4. The molecule has 100 valence electrons. The highest BCUT2D eigenvalue weighted by Gasteiger charge is 2.11. The number of carbonyl (C=O) groups is 1. The predicted octanol–water partition coefficient (Wildman–Crippen LogP) is 4.21. The smallest absolute Gasteiger partial charge is 0.210 e. The first-order chi connectivity index (χ1) is 9.74. The Bertz CT molecular complexity index is 764. The van der Waals surface area contributed by atoms with Crippen molar-refractivity contribution < 1.29 is 9.53 Å². The fraction of sp³-hybridized carbons (Fsp3) is 0.0667. The number of fused-ring (bicyclic) bond motifs is 1. The van der Waals surface area contributed by atoms with E-state index in [2.05, 4.69) is 4.98 Å². The molecule has 0 aliphatic rings. The second kappa shape index (κ2) is 5.61. The molecule has 0 aliphatic carbocycles. The van der Waals surface area contributed by atoms with Gasteiger partial charge in [0.25, 0.3) is 0 Å². The Hall–Kier alpha value is -1.91. The molecule has 0 spiro atoms. The van der Waals surface area contributed by atoms with Gasteiger partial charge in [0.15, 0.2) is 6.61 Å². The molecule has 3 rings (SSSR count). The first-order valence-corrected chi connectivity index (χ1v) is 7.18. The van der Waals surface area contributed by atoms with E-state index < -0.39 is 0 Å². The maximum Gasteiger partial charge on any atom is 0.210 e. The van der Waals surface area contributed by atoms with Gasteiger partial charge in [0, 0.05) is 11.6 Å². The molecule has 0 atom stereocenters. The molecule has 5 heteroatoms. The number of hydrogen-bond donors (Lipinski definition) is 0. The van der Waals surface area contributed by atoms with Crippen molar-refractivity contribution in [3.63, 3.8) is 0 Å². The average molecular weight is 304 g/mol. The first kappa shape index (κ1) is 13.1. The molecular weight excluding hydrogens is 294 g/mol. The van der Waals surface area contributed by atoms with Crippen molar-refractivity contribution in [2.24, 2.45) is 0 Å². The van der Waals surface area contributed by atoms with Crippen LogP contribution in [0.1, 0.15) is 9.67 Å². The van der Waals surface area contributed by atoms with Crippen LogP contribution in [0.15, 0.2) is 48.7 Å². The molecule has 0 bridgehead atoms. The van der Waals surface area contributed by atoms with E-state index in [1.807, 2.05) is 30.3 Å². The van der Waals surface area contributed by atoms with Gasteiger partial charge in [-0.1, -0.05) is 29.8 Å². The van der Waals surface area contributed by atoms with Crippen molar-refractivity contribution in [2.75, 3.05) is 6.61 Å². The SMILES string of the molecule is O=C(COc1cccc2cccnc12)c1ccc(Cl)s1. The molecule has 0 fully saturated rings. The number of carbonyl (C=O) groups excluding carboxylic acids is 1. The summed E-state index contributed by atoms with van der Waals surface area (Å²) in [5, 5.41) is 0.983. The van der Waals surface area contributed by atoms with Crippen LogP contribution in [0.25, 0.3) is 10.9 Å². The van der Waals surface area contributed by atoms with Crippen LogP contribution in [0.2, 0.25) is 4.34 Å². The second-order valence-corrected chi connectivity index (χ2v) is 5.86. The summed E-state index contributed by atoms with van der Waals surface area (Å²) in [5.74, 6) is 0.522. The van der Waals surface area contributed by atoms with E-state index in [1.54, 1.807) is 18.3 Å². The third-order valence-corrected chi connectivity index (χ3v) is 4.07. The van der Waals surface area contributed by atoms with Crippen molar-refractivity contribution in [3.05, 3.63) is 57.9 Å². The van der Waals surface area contributed by atoms with Gasteiger partial charge < -0.3 is 4.74 Å². The monoisotopic (exact) mass is 303 g/mol. The van der Waals surface area contributed by atoms with E-state index in [0.717, 1.165) is 10.9 Å². The molecule has 1 aromatic carbocycles. The number of aromatic nitrogens is 1. The number of thiophene rings is 1. The number of rotatable bonds is 4. The molecule has 0 radical (unpaired) electrons. The van der Waals surface area contributed by atoms with Crippen LogP contribution in [0.4, 0.5) is 0 Å². The van der Waals surface area contributed by atoms with Crippen molar-refractivity contribution in [1.29, 1.82) is 0 Å². The predicted molar refractivity (Wildman–Crippen MR) is 80.9 cm³/mol. The summed E-state index contributed by atoms with van der Waals surface area (Å²) in [5.41, 5.74) is 0.756. The van der Waals surface area contributed by atoms with Crippen LogP contribution >= 0.6 is 22.9 Å². The molecule has 0 saturated carbocycles. The minimum absolute atomic E-state index is 0.0213. The molecule has 0 unspecified atom stereocenters. The highest BCUT2D eigenvalue weighted by Crippen LogP contribution is 2.24. The van der Waals surface area contributed by atoms with Crippen molar-refractivity contribution in [1.82, 2.24) is 4.98 Å². The normalized spacial score (nSPS) is 10.7. The molecule has 2 aromatic heterocycles. The van der Waals surface area contributed by atoms with Gasteiger partial charge in [-0.05, 0) is 24.3 Å². The molecule has 0 aliphatic heterocycles. The Morgan fingerprint density at radius 1 is 1.20 bits per heavy atom. The molecule has 2 heterocycles. The van der Waals surface area contributed by atoms with E-state index in [9.17, 15) is 4.79 Å². The Labute approximate surface area is 124 Å². The third kappa shape index (κ3) is 2.66. The van der Waals surface area contributed by atoms with E-state index in [0.29, 0.717) is 15.0 Å². The zero-order chi connectivity index (χ0) is 13.9. The fourth-order valence-corrected chi connectivity index (χ4v) is 2.84. The lowest BCUT2D eigenvalue weighted by Gasteiger charge is -2.07. The van der Waals surface area contributed by atoms with Crippen molar-refractivity contribution >= 4 is 39.6 Å². The maximum absolute atomic E-state index is 12.0. The van der Waals surface area contributed by atoms with Gasteiger partial charge in [-0.2, -0.15) is 0 Å². The van der Waals surface area contributed by atoms with E-state index in [4.69, 9.17) is 16.3 Å². The lowest BCUT2D eigenvalue weighted by atomic mass is 10.2. The van der Waals surface area contributed by atoms with Crippen molar-refractivity contribution in [2.45, 2.75) is 0 Å². The van der Waals surface area contributed by atoms with Crippen molar-refractivity contribution in [3.8, 4) is 5.75 Å². The summed E-state index contributed by atoms with van der Waals surface area (Å²) in [6, 6.07) is 12.9. The van der Waals surface area contributed by atoms with Crippen LogP contribution in [0.5, 0.6) is 5.75 Å². The van der Waals surface area contributed by atoms with E-state index in [-0.39, 0.29) is 12.4 Å². The summed E-state index contributed by atoms with van der Waals surface area (Å²) < 4.78 is 6.19. The van der Waals surface area contributed by atoms with Crippen LogP contribution < -0.4 is 4.74 Å². The molecule has 3 nitrogen and oxygen atoms in total. The van der Waals surface area contributed by atoms with Gasteiger partial charge in [0.05, 0.1) is 9.21 Å². The Morgan fingerprint density at radius 3 is 2.85 bits per heavy atom. The lowest BCUT2D eigenvalue weighted by molar-refractivity contribution is 0.0926. The minimum atomic E-state index is -0.0881. The number of para-hydroxylation sites is 1. The van der Waals surface area contributed by atoms with Gasteiger partial charge >= 0.3 is 0 Å². The number of ketones is 1. The standard InChI is InChI=1S/C15H10ClNO2S/c16-14-7-6-13(20-14)11(18)9-19-12-5-1-3-10-4-2-8-17-15(10)12/h1-8H,9H2. The largest absolute Gasteiger partial charge is 0.483 e.